The van der Waals surface area contributed by atoms with Crippen LogP contribution in [0.25, 0.3) is 0 Å². The van der Waals surface area contributed by atoms with E-state index in [0.29, 0.717) is 24.3 Å². The standard InChI is InChI=1S/C14H20N4O2/c15-12-5-3-11(4-6-12)13(19)18-7-1-2-10(9-18)8-17-14(16)20/h3-6,10H,1-2,7-9,15H2,(H3,16,17,20). The fraction of sp³-hybridized carbons (Fsp3) is 0.429. The van der Waals surface area contributed by atoms with E-state index in [0.717, 1.165) is 19.4 Å². The van der Waals surface area contributed by atoms with Crippen LogP contribution in [0.1, 0.15) is 23.2 Å². The number of carbonyl (C=O) groups is 2. The Morgan fingerprint density at radius 3 is 2.65 bits per heavy atom. The maximum Gasteiger partial charge on any atom is 0.312 e. The highest BCUT2D eigenvalue weighted by Crippen LogP contribution is 2.18. The number of nitrogens with zero attached hydrogens (tertiary/aromatic N) is 1. The van der Waals surface area contributed by atoms with E-state index in [4.69, 9.17) is 11.5 Å². The molecule has 108 valence electrons. The minimum atomic E-state index is -0.521. The molecule has 2 rings (SSSR count). The third kappa shape index (κ3) is 3.63. The van der Waals surface area contributed by atoms with Crippen LogP contribution in [0.4, 0.5) is 10.5 Å². The highest BCUT2D eigenvalue weighted by atomic mass is 16.2. The summed E-state index contributed by atoms with van der Waals surface area (Å²) < 4.78 is 0. The van der Waals surface area contributed by atoms with Crippen molar-refractivity contribution in [2.24, 2.45) is 11.7 Å². The number of piperidine rings is 1. The van der Waals surface area contributed by atoms with Crippen LogP contribution in [0.3, 0.4) is 0 Å². The van der Waals surface area contributed by atoms with E-state index in [9.17, 15) is 9.59 Å². The van der Waals surface area contributed by atoms with Crippen molar-refractivity contribution in [2.75, 3.05) is 25.4 Å². The molecule has 1 atom stereocenters. The monoisotopic (exact) mass is 276 g/mol. The van der Waals surface area contributed by atoms with Crippen molar-refractivity contribution >= 4 is 17.6 Å². The lowest BCUT2D eigenvalue weighted by Gasteiger charge is -2.32. The number of primary amides is 1. The first-order chi connectivity index (χ1) is 9.56. The highest BCUT2D eigenvalue weighted by molar-refractivity contribution is 5.94. The predicted octanol–water partition coefficient (Wildman–Crippen LogP) is 0.789. The summed E-state index contributed by atoms with van der Waals surface area (Å²) in [6.45, 7) is 1.90. The molecule has 1 fully saturated rings. The third-order valence-electron chi connectivity index (χ3n) is 3.53. The maximum absolute atomic E-state index is 12.4. The molecule has 0 bridgehead atoms. The molecular formula is C14H20N4O2. The summed E-state index contributed by atoms with van der Waals surface area (Å²) in [7, 11) is 0. The van der Waals surface area contributed by atoms with Crippen molar-refractivity contribution in [1.29, 1.82) is 0 Å². The van der Waals surface area contributed by atoms with Gasteiger partial charge in [-0.15, -0.1) is 0 Å². The Morgan fingerprint density at radius 1 is 1.30 bits per heavy atom. The van der Waals surface area contributed by atoms with Crippen LogP contribution in [-0.2, 0) is 0 Å². The summed E-state index contributed by atoms with van der Waals surface area (Å²) in [5.41, 5.74) is 12.0. The van der Waals surface area contributed by atoms with Gasteiger partial charge in [-0.2, -0.15) is 0 Å². The molecule has 1 heterocycles. The highest BCUT2D eigenvalue weighted by Gasteiger charge is 2.24. The van der Waals surface area contributed by atoms with Crippen molar-refractivity contribution in [3.8, 4) is 0 Å². The Morgan fingerprint density at radius 2 is 2.00 bits per heavy atom. The van der Waals surface area contributed by atoms with Gasteiger partial charge in [0.2, 0.25) is 0 Å². The van der Waals surface area contributed by atoms with Gasteiger partial charge in [0.25, 0.3) is 5.91 Å². The number of rotatable bonds is 3. The van der Waals surface area contributed by atoms with Gasteiger partial charge in [0.15, 0.2) is 0 Å². The molecule has 0 aromatic heterocycles. The molecule has 6 heteroatoms. The maximum atomic E-state index is 12.4. The number of anilines is 1. The minimum Gasteiger partial charge on any atom is -0.399 e. The van der Waals surface area contributed by atoms with E-state index in [-0.39, 0.29) is 11.8 Å². The Kier molecular flexibility index (Phi) is 4.45. The number of amides is 3. The molecule has 0 radical (unpaired) electrons. The van der Waals surface area contributed by atoms with Crippen molar-refractivity contribution in [3.05, 3.63) is 29.8 Å². The van der Waals surface area contributed by atoms with Gasteiger partial charge in [0.1, 0.15) is 0 Å². The molecule has 20 heavy (non-hydrogen) atoms. The number of likely N-dealkylation sites (tertiary alicyclic amines) is 1. The van der Waals surface area contributed by atoms with Crippen LogP contribution in [0.15, 0.2) is 24.3 Å². The second kappa shape index (κ2) is 6.27. The molecule has 6 nitrogen and oxygen atoms in total. The second-order valence-electron chi connectivity index (χ2n) is 5.13. The largest absolute Gasteiger partial charge is 0.399 e. The fourth-order valence-electron chi connectivity index (χ4n) is 2.47. The number of nitrogens with two attached hydrogens (primary N) is 2. The van der Waals surface area contributed by atoms with Gasteiger partial charge in [-0.25, -0.2) is 4.79 Å². The molecule has 3 amide bonds. The molecule has 0 spiro atoms. The molecule has 1 aliphatic rings. The second-order valence-corrected chi connectivity index (χ2v) is 5.13. The number of hydrogen-bond donors (Lipinski definition) is 3. The number of nitrogens with one attached hydrogen (secondary N) is 1. The van der Waals surface area contributed by atoms with Gasteiger partial charge < -0.3 is 21.7 Å². The summed E-state index contributed by atoms with van der Waals surface area (Å²) in [5.74, 6) is 0.266. The number of carbonyl (C=O) groups excluding carboxylic acids is 2. The lowest BCUT2D eigenvalue weighted by molar-refractivity contribution is 0.0675. The molecule has 1 aliphatic heterocycles. The molecule has 1 aromatic rings. The van der Waals surface area contributed by atoms with Crippen molar-refractivity contribution in [3.63, 3.8) is 0 Å². The van der Waals surface area contributed by atoms with Crippen LogP contribution < -0.4 is 16.8 Å². The van der Waals surface area contributed by atoms with Crippen LogP contribution >= 0.6 is 0 Å². The van der Waals surface area contributed by atoms with E-state index in [2.05, 4.69) is 5.32 Å². The zero-order chi connectivity index (χ0) is 14.5. The van der Waals surface area contributed by atoms with E-state index >= 15 is 0 Å². The van der Waals surface area contributed by atoms with Crippen molar-refractivity contribution in [1.82, 2.24) is 10.2 Å². The smallest absolute Gasteiger partial charge is 0.312 e. The van der Waals surface area contributed by atoms with Gasteiger partial charge in [0.05, 0.1) is 0 Å². The predicted molar refractivity (Wildman–Crippen MR) is 77.1 cm³/mol. The lowest BCUT2D eigenvalue weighted by atomic mass is 9.97. The number of nitrogen functional groups attached to an aromatic ring is 1. The summed E-state index contributed by atoms with van der Waals surface area (Å²) >= 11 is 0. The van der Waals surface area contributed by atoms with Gasteiger partial charge >= 0.3 is 6.03 Å². The zero-order valence-electron chi connectivity index (χ0n) is 11.3. The Hall–Kier alpha value is -2.24. The van der Waals surface area contributed by atoms with Gasteiger partial charge in [-0.05, 0) is 43.0 Å². The number of urea groups is 1. The SMILES string of the molecule is NC(=O)NCC1CCCN(C(=O)c2ccc(N)cc2)C1. The summed E-state index contributed by atoms with van der Waals surface area (Å²) in [5, 5.41) is 2.61. The van der Waals surface area contributed by atoms with E-state index < -0.39 is 6.03 Å². The summed E-state index contributed by atoms with van der Waals surface area (Å²) in [6.07, 6.45) is 1.93. The molecule has 0 aliphatic carbocycles. The quantitative estimate of drug-likeness (QED) is 0.711. The van der Waals surface area contributed by atoms with Crippen LogP contribution in [0, 0.1) is 5.92 Å². The topological polar surface area (TPSA) is 101 Å². The van der Waals surface area contributed by atoms with Crippen LogP contribution in [0.2, 0.25) is 0 Å². The number of benzene rings is 1. The molecular weight excluding hydrogens is 256 g/mol. The molecule has 1 aromatic carbocycles. The van der Waals surface area contributed by atoms with Crippen molar-refractivity contribution < 1.29 is 9.59 Å². The molecule has 5 N–H and O–H groups in total. The van der Waals surface area contributed by atoms with E-state index in [1.807, 2.05) is 4.90 Å². The first kappa shape index (κ1) is 14.2. The first-order valence-electron chi connectivity index (χ1n) is 6.74. The lowest BCUT2D eigenvalue weighted by Crippen LogP contribution is -2.44. The fourth-order valence-corrected chi connectivity index (χ4v) is 2.47. The Bertz CT molecular complexity index is 486. The van der Waals surface area contributed by atoms with Crippen LogP contribution in [-0.4, -0.2) is 36.5 Å². The summed E-state index contributed by atoms with van der Waals surface area (Å²) in [6, 6.07) is 6.41. The van der Waals surface area contributed by atoms with Gasteiger partial charge in [-0.3, -0.25) is 4.79 Å². The zero-order valence-corrected chi connectivity index (χ0v) is 11.3. The average Bonchev–Trinajstić information content (AvgIpc) is 2.45. The molecule has 1 unspecified atom stereocenters. The summed E-state index contributed by atoms with van der Waals surface area (Å²) in [4.78, 5) is 24.9. The Labute approximate surface area is 118 Å². The minimum absolute atomic E-state index is 0.00813. The van der Waals surface area contributed by atoms with Crippen molar-refractivity contribution in [2.45, 2.75) is 12.8 Å². The normalized spacial score (nSPS) is 18.6. The third-order valence-corrected chi connectivity index (χ3v) is 3.53. The van der Waals surface area contributed by atoms with E-state index in [1.165, 1.54) is 0 Å². The number of hydrogen-bond acceptors (Lipinski definition) is 3. The first-order valence-corrected chi connectivity index (χ1v) is 6.74. The molecule has 0 saturated carbocycles. The van der Waals surface area contributed by atoms with Gasteiger partial charge in [0, 0.05) is 30.9 Å². The van der Waals surface area contributed by atoms with E-state index in [1.54, 1.807) is 24.3 Å². The Balaban J connectivity index is 1.96. The van der Waals surface area contributed by atoms with Crippen LogP contribution in [0.5, 0.6) is 0 Å². The molecule has 1 saturated heterocycles. The van der Waals surface area contributed by atoms with Gasteiger partial charge in [-0.1, -0.05) is 0 Å². The average molecular weight is 276 g/mol.